The molecular formula is C22H30N2O3. The number of aliphatic carboxylic acids is 1. The molecule has 2 aliphatic rings. The first-order valence-corrected chi connectivity index (χ1v) is 9.98. The predicted molar refractivity (Wildman–Crippen MR) is 102 cm³/mol. The molecule has 2 atom stereocenters. The van der Waals surface area contributed by atoms with E-state index in [0.29, 0.717) is 25.9 Å². The first-order valence-electron chi connectivity index (χ1n) is 9.98. The summed E-state index contributed by atoms with van der Waals surface area (Å²) in [6, 6.07) is 10.5. The Labute approximate surface area is 161 Å². The number of nitrogens with one attached hydrogen (secondary N) is 1. The summed E-state index contributed by atoms with van der Waals surface area (Å²) in [6.07, 6.45) is 2.03. The highest BCUT2D eigenvalue weighted by Gasteiger charge is 2.37. The van der Waals surface area contributed by atoms with E-state index in [0.717, 1.165) is 37.2 Å². The molecule has 1 aromatic carbocycles. The zero-order chi connectivity index (χ0) is 19.4. The minimum Gasteiger partial charge on any atom is -0.550 e. The summed E-state index contributed by atoms with van der Waals surface area (Å²) in [5.41, 5.74) is 3.58. The minimum absolute atomic E-state index is 0.00170. The molecule has 5 nitrogen and oxygen atoms in total. The van der Waals surface area contributed by atoms with Crippen LogP contribution in [0.4, 0.5) is 0 Å². The van der Waals surface area contributed by atoms with Crippen LogP contribution in [0.3, 0.4) is 0 Å². The maximum absolute atomic E-state index is 13.0. The average Bonchev–Trinajstić information content (AvgIpc) is 2.68. The molecule has 1 saturated heterocycles. The molecule has 0 unspecified atom stereocenters. The first kappa shape index (κ1) is 19.6. The van der Waals surface area contributed by atoms with Crippen LogP contribution in [-0.4, -0.2) is 49.5 Å². The van der Waals surface area contributed by atoms with Crippen molar-refractivity contribution in [2.24, 2.45) is 11.8 Å². The zero-order valence-electron chi connectivity index (χ0n) is 16.4. The Balaban J connectivity index is 1.54. The number of carboxylic acids is 1. The standard InChI is InChI=1S/C22H30N2O3/c1-16-14-19(20(22(26)27)15-17(16)2)21(25)24-12-10-23(11-13-24)9-8-18-6-4-3-5-7-18/h3-7,19-20H,8-15H2,1-2H3,(H,26,27)/t19-,20-/m0/s1. The highest BCUT2D eigenvalue weighted by Crippen LogP contribution is 2.35. The molecule has 0 radical (unpaired) electrons. The predicted octanol–water partition coefficient (Wildman–Crippen LogP) is 0.0687. The minimum atomic E-state index is -1.09. The van der Waals surface area contributed by atoms with Crippen molar-refractivity contribution < 1.29 is 19.6 Å². The monoisotopic (exact) mass is 370 g/mol. The van der Waals surface area contributed by atoms with Crippen molar-refractivity contribution in [3.8, 4) is 0 Å². The van der Waals surface area contributed by atoms with Crippen molar-refractivity contribution in [1.29, 1.82) is 0 Å². The van der Waals surface area contributed by atoms with E-state index in [1.807, 2.05) is 24.8 Å². The number of hydrogen-bond acceptors (Lipinski definition) is 3. The third-order valence-electron chi connectivity index (χ3n) is 6.28. The Bertz CT molecular complexity index is 706. The van der Waals surface area contributed by atoms with Crippen molar-refractivity contribution in [1.82, 2.24) is 4.90 Å². The molecule has 3 rings (SSSR count). The Morgan fingerprint density at radius 1 is 1.04 bits per heavy atom. The van der Waals surface area contributed by atoms with Gasteiger partial charge in [-0.25, -0.2) is 0 Å². The number of hydrogen-bond donors (Lipinski definition) is 1. The van der Waals surface area contributed by atoms with Gasteiger partial charge >= 0.3 is 0 Å². The second-order valence-corrected chi connectivity index (χ2v) is 8.06. The fraction of sp³-hybridized carbons (Fsp3) is 0.545. The molecule has 1 aromatic rings. The fourth-order valence-electron chi connectivity index (χ4n) is 4.29. The number of carboxylic acid groups (broad SMARTS) is 1. The van der Waals surface area contributed by atoms with Gasteiger partial charge in [0.05, 0.1) is 38.6 Å². The fourth-order valence-corrected chi connectivity index (χ4v) is 4.29. The van der Waals surface area contributed by atoms with Crippen LogP contribution in [0.25, 0.3) is 0 Å². The summed E-state index contributed by atoms with van der Waals surface area (Å²) in [5.74, 6) is -2.25. The lowest BCUT2D eigenvalue weighted by Gasteiger charge is -2.38. The highest BCUT2D eigenvalue weighted by atomic mass is 16.4. The molecule has 0 saturated carbocycles. The lowest BCUT2D eigenvalue weighted by molar-refractivity contribution is -0.903. The Hall–Kier alpha value is -2.14. The second-order valence-electron chi connectivity index (χ2n) is 8.06. The molecule has 0 bridgehead atoms. The van der Waals surface area contributed by atoms with Crippen LogP contribution in [-0.2, 0) is 16.0 Å². The number of amides is 1. The van der Waals surface area contributed by atoms with E-state index >= 15 is 0 Å². The lowest BCUT2D eigenvalue weighted by atomic mass is 9.76. The third kappa shape index (κ3) is 4.78. The quantitative estimate of drug-likeness (QED) is 0.746. The normalized spacial score (nSPS) is 24.1. The summed E-state index contributed by atoms with van der Waals surface area (Å²) in [4.78, 5) is 28.0. The molecule has 1 N–H and O–H groups in total. The summed E-state index contributed by atoms with van der Waals surface area (Å²) >= 11 is 0. The first-order chi connectivity index (χ1) is 13.0. The van der Waals surface area contributed by atoms with Crippen LogP contribution < -0.4 is 10.0 Å². The topological polar surface area (TPSA) is 64.9 Å². The van der Waals surface area contributed by atoms with Gasteiger partial charge in [0.1, 0.15) is 0 Å². The van der Waals surface area contributed by atoms with E-state index in [2.05, 4.69) is 24.3 Å². The second kappa shape index (κ2) is 8.70. The average molecular weight is 370 g/mol. The van der Waals surface area contributed by atoms with Crippen LogP contribution in [0.1, 0.15) is 32.3 Å². The van der Waals surface area contributed by atoms with E-state index in [-0.39, 0.29) is 5.91 Å². The Morgan fingerprint density at radius 2 is 1.63 bits per heavy atom. The van der Waals surface area contributed by atoms with E-state index in [1.54, 1.807) is 0 Å². The molecule has 0 spiro atoms. The molecule has 1 aliphatic heterocycles. The number of quaternary nitrogens is 1. The van der Waals surface area contributed by atoms with Gasteiger partial charge in [0, 0.05) is 18.3 Å². The molecular weight excluding hydrogens is 340 g/mol. The smallest absolute Gasteiger partial charge is 0.227 e. The summed E-state index contributed by atoms with van der Waals surface area (Å²) in [7, 11) is 0. The summed E-state index contributed by atoms with van der Waals surface area (Å²) in [6.45, 7) is 8.30. The number of rotatable bonds is 5. The molecule has 1 heterocycles. The van der Waals surface area contributed by atoms with Crippen molar-refractivity contribution in [2.45, 2.75) is 33.1 Å². The third-order valence-corrected chi connectivity index (χ3v) is 6.28. The number of benzene rings is 1. The summed E-state index contributed by atoms with van der Waals surface area (Å²) in [5, 5.41) is 11.6. The van der Waals surface area contributed by atoms with Crippen LogP contribution >= 0.6 is 0 Å². The Kier molecular flexibility index (Phi) is 6.32. The van der Waals surface area contributed by atoms with E-state index < -0.39 is 17.8 Å². The van der Waals surface area contributed by atoms with Gasteiger partial charge in [-0.15, -0.1) is 0 Å². The molecule has 1 amide bonds. The van der Waals surface area contributed by atoms with Gasteiger partial charge in [0.15, 0.2) is 0 Å². The van der Waals surface area contributed by atoms with Gasteiger partial charge in [-0.05, 0) is 32.3 Å². The Morgan fingerprint density at radius 3 is 2.22 bits per heavy atom. The highest BCUT2D eigenvalue weighted by molar-refractivity contribution is 5.85. The van der Waals surface area contributed by atoms with Crippen molar-refractivity contribution in [3.05, 3.63) is 47.0 Å². The van der Waals surface area contributed by atoms with E-state index in [9.17, 15) is 14.7 Å². The van der Waals surface area contributed by atoms with E-state index in [1.165, 1.54) is 10.5 Å². The zero-order valence-corrected chi connectivity index (χ0v) is 16.4. The van der Waals surface area contributed by atoms with Crippen LogP contribution in [0.15, 0.2) is 41.5 Å². The largest absolute Gasteiger partial charge is 0.550 e. The van der Waals surface area contributed by atoms with Gasteiger partial charge in [0.2, 0.25) is 5.91 Å². The van der Waals surface area contributed by atoms with Gasteiger partial charge < -0.3 is 19.7 Å². The van der Waals surface area contributed by atoms with Crippen molar-refractivity contribution >= 4 is 11.9 Å². The maximum atomic E-state index is 13.0. The SMILES string of the molecule is CC1=C(C)C[C@H](C(=O)N2CC[NH+](CCc3ccccc3)CC2)[C@@H](C(=O)[O-])C1. The molecule has 1 aliphatic carbocycles. The van der Waals surface area contributed by atoms with Gasteiger partial charge in [0.25, 0.3) is 0 Å². The van der Waals surface area contributed by atoms with Gasteiger partial charge in [-0.3, -0.25) is 4.79 Å². The molecule has 1 fully saturated rings. The number of carbonyl (C=O) groups excluding carboxylic acids is 2. The molecule has 5 heteroatoms. The van der Waals surface area contributed by atoms with Crippen molar-refractivity contribution in [2.75, 3.05) is 32.7 Å². The van der Waals surface area contributed by atoms with Crippen LogP contribution in [0.2, 0.25) is 0 Å². The maximum Gasteiger partial charge on any atom is 0.227 e. The van der Waals surface area contributed by atoms with Crippen LogP contribution in [0, 0.1) is 11.8 Å². The van der Waals surface area contributed by atoms with Gasteiger partial charge in [-0.2, -0.15) is 0 Å². The molecule has 146 valence electrons. The number of piperazine rings is 1. The summed E-state index contributed by atoms with van der Waals surface area (Å²) < 4.78 is 0. The number of nitrogens with zero attached hydrogens (tertiary/aromatic N) is 1. The van der Waals surface area contributed by atoms with Gasteiger partial charge in [-0.1, -0.05) is 41.5 Å². The van der Waals surface area contributed by atoms with Crippen LogP contribution in [0.5, 0.6) is 0 Å². The van der Waals surface area contributed by atoms with Crippen molar-refractivity contribution in [3.63, 3.8) is 0 Å². The lowest BCUT2D eigenvalue weighted by Crippen LogP contribution is -3.15. The number of carbonyl (C=O) groups is 2. The molecule has 27 heavy (non-hydrogen) atoms. The molecule has 0 aromatic heterocycles. The van der Waals surface area contributed by atoms with E-state index in [4.69, 9.17) is 0 Å². The number of allylic oxidation sites excluding steroid dienone is 2.